The molecule has 0 radical (unpaired) electrons. The number of hydrogen-bond acceptors (Lipinski definition) is 6. The SMILES string of the molecule is O=[N+]([O-])c1cnc(Cl)nc1OCCc1cccs1. The summed E-state index contributed by atoms with van der Waals surface area (Å²) in [5.74, 6) is -0.100. The average Bonchev–Trinajstić information content (AvgIpc) is 2.82. The Kier molecular flexibility index (Phi) is 4.06. The fourth-order valence-electron chi connectivity index (χ4n) is 1.27. The third kappa shape index (κ3) is 3.14. The van der Waals surface area contributed by atoms with Gasteiger partial charge in [-0.05, 0) is 23.0 Å². The number of nitro groups is 1. The minimum atomic E-state index is -0.600. The lowest BCUT2D eigenvalue weighted by Gasteiger charge is -2.04. The molecule has 0 unspecified atom stereocenters. The van der Waals surface area contributed by atoms with Crippen LogP contribution in [0.4, 0.5) is 5.69 Å². The van der Waals surface area contributed by atoms with Gasteiger partial charge in [0.1, 0.15) is 6.20 Å². The van der Waals surface area contributed by atoms with Crippen LogP contribution in [-0.4, -0.2) is 21.5 Å². The van der Waals surface area contributed by atoms with Crippen molar-refractivity contribution >= 4 is 28.6 Å². The van der Waals surface area contributed by atoms with Gasteiger partial charge in [0.2, 0.25) is 5.28 Å². The molecule has 18 heavy (non-hydrogen) atoms. The normalized spacial score (nSPS) is 10.3. The molecule has 0 N–H and O–H groups in total. The maximum atomic E-state index is 10.7. The van der Waals surface area contributed by atoms with E-state index in [9.17, 15) is 10.1 Å². The van der Waals surface area contributed by atoms with Crippen LogP contribution < -0.4 is 4.74 Å². The zero-order valence-electron chi connectivity index (χ0n) is 9.08. The number of ether oxygens (including phenoxy) is 1. The smallest absolute Gasteiger partial charge is 0.349 e. The molecule has 0 amide bonds. The van der Waals surface area contributed by atoms with Gasteiger partial charge < -0.3 is 4.74 Å². The zero-order valence-corrected chi connectivity index (χ0v) is 10.6. The van der Waals surface area contributed by atoms with E-state index < -0.39 is 4.92 Å². The van der Waals surface area contributed by atoms with Crippen LogP contribution in [0, 0.1) is 10.1 Å². The first kappa shape index (κ1) is 12.7. The summed E-state index contributed by atoms with van der Waals surface area (Å²) < 4.78 is 5.28. The molecule has 0 atom stereocenters. The fraction of sp³-hybridized carbons (Fsp3) is 0.200. The summed E-state index contributed by atoms with van der Waals surface area (Å²) in [7, 11) is 0. The Morgan fingerprint density at radius 2 is 2.39 bits per heavy atom. The topological polar surface area (TPSA) is 78.2 Å². The third-order valence-corrected chi connectivity index (χ3v) is 3.19. The first-order valence-electron chi connectivity index (χ1n) is 4.99. The summed E-state index contributed by atoms with van der Waals surface area (Å²) in [6.45, 7) is 0.300. The number of thiophene rings is 1. The standard InChI is InChI=1S/C10H8ClN3O3S/c11-10-12-6-8(14(15)16)9(13-10)17-4-3-7-2-1-5-18-7/h1-2,5-6H,3-4H2. The molecule has 0 saturated carbocycles. The Labute approximate surface area is 111 Å². The molecule has 0 fully saturated rings. The van der Waals surface area contributed by atoms with Crippen LogP contribution in [0.3, 0.4) is 0 Å². The molecule has 2 aromatic rings. The van der Waals surface area contributed by atoms with Crippen LogP contribution in [0.5, 0.6) is 5.88 Å². The van der Waals surface area contributed by atoms with Crippen LogP contribution >= 0.6 is 22.9 Å². The number of hydrogen-bond donors (Lipinski definition) is 0. The molecule has 0 spiro atoms. The van der Waals surface area contributed by atoms with Crippen molar-refractivity contribution in [2.45, 2.75) is 6.42 Å². The molecule has 94 valence electrons. The molecule has 2 rings (SSSR count). The molecular formula is C10H8ClN3O3S. The molecule has 0 bridgehead atoms. The van der Waals surface area contributed by atoms with Gasteiger partial charge in [0.25, 0.3) is 5.88 Å². The van der Waals surface area contributed by atoms with E-state index in [-0.39, 0.29) is 16.9 Å². The van der Waals surface area contributed by atoms with Gasteiger partial charge in [-0.2, -0.15) is 4.98 Å². The highest BCUT2D eigenvalue weighted by Gasteiger charge is 2.18. The van der Waals surface area contributed by atoms with E-state index in [4.69, 9.17) is 16.3 Å². The average molecular weight is 286 g/mol. The lowest BCUT2D eigenvalue weighted by Crippen LogP contribution is -2.05. The molecule has 0 aliphatic carbocycles. The predicted octanol–water partition coefficient (Wildman–Crippen LogP) is 2.72. The number of aromatic nitrogens is 2. The van der Waals surface area contributed by atoms with Crippen LogP contribution in [0.25, 0.3) is 0 Å². The first-order chi connectivity index (χ1) is 8.66. The van der Waals surface area contributed by atoms with Crippen molar-refractivity contribution in [1.82, 2.24) is 9.97 Å². The van der Waals surface area contributed by atoms with Gasteiger partial charge in [0.15, 0.2) is 0 Å². The van der Waals surface area contributed by atoms with E-state index in [0.717, 1.165) is 11.1 Å². The second-order valence-corrected chi connectivity index (χ2v) is 4.63. The van der Waals surface area contributed by atoms with Gasteiger partial charge in [-0.3, -0.25) is 10.1 Å². The van der Waals surface area contributed by atoms with Crippen molar-refractivity contribution in [3.63, 3.8) is 0 Å². The molecule has 0 aliphatic rings. The molecule has 0 aromatic carbocycles. The highest BCUT2D eigenvalue weighted by molar-refractivity contribution is 7.09. The van der Waals surface area contributed by atoms with Crippen LogP contribution in [0.15, 0.2) is 23.7 Å². The van der Waals surface area contributed by atoms with Crippen LogP contribution in [-0.2, 0) is 6.42 Å². The maximum Gasteiger partial charge on any atom is 0.349 e. The second kappa shape index (κ2) is 5.74. The highest BCUT2D eigenvalue weighted by atomic mass is 35.5. The minimum Gasteiger partial charge on any atom is -0.472 e. The summed E-state index contributed by atoms with van der Waals surface area (Å²) >= 11 is 7.18. The molecule has 0 aliphatic heterocycles. The third-order valence-electron chi connectivity index (χ3n) is 2.07. The Hall–Kier alpha value is -1.73. The quantitative estimate of drug-likeness (QED) is 0.479. The Bertz CT molecular complexity index is 547. The Balaban J connectivity index is 2.03. The van der Waals surface area contributed by atoms with Gasteiger partial charge in [0, 0.05) is 11.3 Å². The summed E-state index contributed by atoms with van der Waals surface area (Å²) in [5.41, 5.74) is -0.287. The molecule has 2 heterocycles. The van der Waals surface area contributed by atoms with E-state index in [0.29, 0.717) is 13.0 Å². The number of rotatable bonds is 5. The van der Waals surface area contributed by atoms with Crippen molar-refractivity contribution in [1.29, 1.82) is 0 Å². The van der Waals surface area contributed by atoms with E-state index in [1.165, 1.54) is 0 Å². The van der Waals surface area contributed by atoms with E-state index in [1.54, 1.807) is 11.3 Å². The summed E-state index contributed by atoms with van der Waals surface area (Å²) in [4.78, 5) is 18.5. The monoisotopic (exact) mass is 285 g/mol. The van der Waals surface area contributed by atoms with Crippen molar-refractivity contribution in [3.8, 4) is 5.88 Å². The van der Waals surface area contributed by atoms with Gasteiger partial charge in [-0.15, -0.1) is 11.3 Å². The van der Waals surface area contributed by atoms with Gasteiger partial charge in [-0.1, -0.05) is 6.07 Å². The molecule has 2 aromatic heterocycles. The van der Waals surface area contributed by atoms with E-state index in [2.05, 4.69) is 9.97 Å². The van der Waals surface area contributed by atoms with Crippen molar-refractivity contribution < 1.29 is 9.66 Å². The first-order valence-corrected chi connectivity index (χ1v) is 6.24. The van der Waals surface area contributed by atoms with Crippen LogP contribution in [0.2, 0.25) is 5.28 Å². The Morgan fingerprint density at radius 3 is 3.06 bits per heavy atom. The minimum absolute atomic E-state index is 0.0771. The number of halogens is 1. The fourth-order valence-corrected chi connectivity index (χ4v) is 2.09. The second-order valence-electron chi connectivity index (χ2n) is 3.26. The lowest BCUT2D eigenvalue weighted by molar-refractivity contribution is -0.386. The van der Waals surface area contributed by atoms with Crippen molar-refractivity contribution in [2.24, 2.45) is 0 Å². The van der Waals surface area contributed by atoms with E-state index in [1.807, 2.05) is 17.5 Å². The van der Waals surface area contributed by atoms with Crippen molar-refractivity contribution in [2.75, 3.05) is 6.61 Å². The van der Waals surface area contributed by atoms with Crippen LogP contribution in [0.1, 0.15) is 4.88 Å². The molecular weight excluding hydrogens is 278 g/mol. The molecule has 6 nitrogen and oxygen atoms in total. The highest BCUT2D eigenvalue weighted by Crippen LogP contribution is 2.24. The van der Waals surface area contributed by atoms with Gasteiger partial charge >= 0.3 is 5.69 Å². The zero-order chi connectivity index (χ0) is 13.0. The summed E-state index contributed by atoms with van der Waals surface area (Å²) in [6.07, 6.45) is 1.70. The van der Waals surface area contributed by atoms with E-state index >= 15 is 0 Å². The molecule has 0 saturated heterocycles. The van der Waals surface area contributed by atoms with Crippen molar-refractivity contribution in [3.05, 3.63) is 44.0 Å². The summed E-state index contributed by atoms with van der Waals surface area (Å²) in [6, 6.07) is 3.90. The molecule has 8 heteroatoms. The predicted molar refractivity (Wildman–Crippen MR) is 67.2 cm³/mol. The maximum absolute atomic E-state index is 10.7. The largest absolute Gasteiger partial charge is 0.472 e. The Morgan fingerprint density at radius 1 is 1.56 bits per heavy atom. The van der Waals surface area contributed by atoms with Gasteiger partial charge in [0.05, 0.1) is 11.5 Å². The lowest BCUT2D eigenvalue weighted by atomic mass is 10.4. The summed E-state index contributed by atoms with van der Waals surface area (Å²) in [5, 5.41) is 12.6. The number of nitrogens with zero attached hydrogens (tertiary/aromatic N) is 3. The van der Waals surface area contributed by atoms with Gasteiger partial charge in [-0.25, -0.2) is 4.98 Å².